The zero-order valence-corrected chi connectivity index (χ0v) is 20.0. The molecule has 1 aromatic heterocycles. The molecule has 156 valence electrons. The smallest absolute Gasteiger partial charge is 0.744 e. The van der Waals surface area contributed by atoms with Crippen molar-refractivity contribution in [3.05, 3.63) is 84.7 Å². The van der Waals surface area contributed by atoms with Gasteiger partial charge < -0.3 is 15.0 Å². The van der Waals surface area contributed by atoms with Crippen molar-refractivity contribution >= 4 is 38.0 Å². The number of nitrogens with zero attached hydrogens (tertiary/aromatic N) is 3. The van der Waals surface area contributed by atoms with Crippen molar-refractivity contribution in [2.75, 3.05) is 5.73 Å². The van der Waals surface area contributed by atoms with Crippen molar-refractivity contribution in [2.24, 2.45) is 10.2 Å². The zero-order chi connectivity index (χ0) is 21.8. The van der Waals surface area contributed by atoms with Crippen molar-refractivity contribution in [1.82, 2.24) is 4.98 Å². The van der Waals surface area contributed by atoms with Gasteiger partial charge in [0, 0.05) is 23.2 Å². The average Bonchev–Trinajstić information content (AvgIpc) is 2.78. The van der Waals surface area contributed by atoms with E-state index < -0.39 is 10.1 Å². The molecule has 0 saturated heterocycles. The minimum atomic E-state index is -4.71. The number of ether oxygens (including phenoxy) is 1. The summed E-state index contributed by atoms with van der Waals surface area (Å²) >= 11 is 0. The molecule has 0 amide bonds. The third-order valence-corrected chi connectivity index (χ3v) is 5.44. The first kappa shape index (κ1) is 23.8. The fourth-order valence-electron chi connectivity index (χ4n) is 3.01. The van der Waals surface area contributed by atoms with E-state index in [-0.39, 0.29) is 51.2 Å². The molecule has 0 spiro atoms. The van der Waals surface area contributed by atoms with Gasteiger partial charge in [0.25, 0.3) is 0 Å². The van der Waals surface area contributed by atoms with Gasteiger partial charge in [-0.25, -0.2) is 8.42 Å². The first-order valence-electron chi connectivity index (χ1n) is 9.22. The van der Waals surface area contributed by atoms with Gasteiger partial charge >= 0.3 is 29.6 Å². The van der Waals surface area contributed by atoms with Crippen LogP contribution in [0.4, 0.5) is 17.1 Å². The minimum Gasteiger partial charge on any atom is -0.744 e. The summed E-state index contributed by atoms with van der Waals surface area (Å²) in [5.41, 5.74) is 7.99. The van der Waals surface area contributed by atoms with Crippen molar-refractivity contribution in [3.63, 3.8) is 0 Å². The number of benzene rings is 3. The molecule has 3 aromatic carbocycles. The van der Waals surface area contributed by atoms with Gasteiger partial charge in [-0.2, -0.15) is 5.11 Å². The van der Waals surface area contributed by atoms with Crippen LogP contribution in [0.3, 0.4) is 0 Å². The van der Waals surface area contributed by atoms with Crippen molar-refractivity contribution in [2.45, 2.75) is 11.5 Å². The Bertz CT molecular complexity index is 1360. The van der Waals surface area contributed by atoms with Crippen LogP contribution in [0.25, 0.3) is 10.8 Å². The van der Waals surface area contributed by atoms with Crippen LogP contribution in [0, 0.1) is 0 Å². The molecule has 8 nitrogen and oxygen atoms in total. The number of hydrogen-bond donors (Lipinski definition) is 1. The number of nitrogens with two attached hydrogens (primary N) is 1. The van der Waals surface area contributed by atoms with E-state index in [1.54, 1.807) is 54.9 Å². The van der Waals surface area contributed by atoms with Gasteiger partial charge in [0.15, 0.2) is 0 Å². The summed E-state index contributed by atoms with van der Waals surface area (Å²) in [6, 6.07) is 18.3. The third kappa shape index (κ3) is 5.50. The molecule has 32 heavy (non-hydrogen) atoms. The number of azo groups is 1. The Morgan fingerprint density at radius 3 is 2.25 bits per heavy atom. The van der Waals surface area contributed by atoms with E-state index in [9.17, 15) is 13.0 Å². The van der Waals surface area contributed by atoms with Gasteiger partial charge in [-0.1, -0.05) is 24.3 Å². The first-order valence-corrected chi connectivity index (χ1v) is 10.6. The molecule has 4 rings (SSSR count). The van der Waals surface area contributed by atoms with Gasteiger partial charge in [0.05, 0.1) is 16.3 Å². The predicted octanol–water partition coefficient (Wildman–Crippen LogP) is 1.72. The number of fused-ring (bicyclic) bond motifs is 1. The van der Waals surface area contributed by atoms with Crippen LogP contribution in [0.5, 0.6) is 5.75 Å². The number of rotatable bonds is 6. The molecule has 0 aliphatic carbocycles. The van der Waals surface area contributed by atoms with Crippen LogP contribution < -0.4 is 40.0 Å². The monoisotopic (exact) mass is 456 g/mol. The molecule has 2 N–H and O–H groups in total. The van der Waals surface area contributed by atoms with Gasteiger partial charge in [0.2, 0.25) is 0 Å². The molecule has 0 unspecified atom stereocenters. The van der Waals surface area contributed by atoms with Gasteiger partial charge in [-0.3, -0.25) is 4.98 Å². The normalized spacial score (nSPS) is 11.4. The SMILES string of the molecule is Nc1c(N=Nc2ccc(OCc3ccncc3)cc2)cc(S(=O)(=O)[O-])c2ccccc12.[Na+]. The maximum atomic E-state index is 11.7. The van der Waals surface area contributed by atoms with Crippen molar-refractivity contribution in [1.29, 1.82) is 0 Å². The van der Waals surface area contributed by atoms with E-state index in [0.29, 0.717) is 23.4 Å². The van der Waals surface area contributed by atoms with E-state index in [2.05, 4.69) is 15.2 Å². The Kier molecular flexibility index (Phi) is 7.60. The molecular formula is C22H17N4NaO4S. The first-order chi connectivity index (χ1) is 14.9. The summed E-state index contributed by atoms with van der Waals surface area (Å²) in [6.45, 7) is 0.406. The number of hydrogen-bond acceptors (Lipinski definition) is 8. The number of pyridine rings is 1. The van der Waals surface area contributed by atoms with Gasteiger partial charge in [-0.05, 0) is 48.0 Å². The standard InChI is InChI=1S/C22H18N4O4S.Na/c23-22-19-4-2-1-3-18(19)21(31(27,28)29)13-20(22)26-25-16-5-7-17(8-6-16)30-14-15-9-11-24-12-10-15;/h1-13H,14,23H2,(H,27,28,29);/q;+1/p-1. The minimum absolute atomic E-state index is 0. The summed E-state index contributed by atoms with van der Waals surface area (Å²) in [4.78, 5) is 3.58. The summed E-state index contributed by atoms with van der Waals surface area (Å²) in [5.74, 6) is 0.653. The number of anilines is 1. The second-order valence-electron chi connectivity index (χ2n) is 6.65. The van der Waals surface area contributed by atoms with Crippen LogP contribution >= 0.6 is 0 Å². The predicted molar refractivity (Wildman–Crippen MR) is 116 cm³/mol. The maximum absolute atomic E-state index is 11.7. The van der Waals surface area contributed by atoms with Crippen molar-refractivity contribution < 1.29 is 47.3 Å². The molecule has 0 fully saturated rings. The fraction of sp³-hybridized carbons (Fsp3) is 0.0455. The van der Waals surface area contributed by atoms with E-state index in [1.807, 2.05) is 12.1 Å². The van der Waals surface area contributed by atoms with E-state index in [1.165, 1.54) is 6.07 Å². The fourth-order valence-corrected chi connectivity index (χ4v) is 3.71. The molecular weight excluding hydrogens is 439 g/mol. The van der Waals surface area contributed by atoms with Crippen molar-refractivity contribution in [3.8, 4) is 5.75 Å². The Hall–Kier alpha value is -2.82. The molecule has 0 atom stereocenters. The van der Waals surface area contributed by atoms with E-state index >= 15 is 0 Å². The summed E-state index contributed by atoms with van der Waals surface area (Å²) < 4.78 is 40.8. The molecule has 0 bridgehead atoms. The molecule has 0 aliphatic rings. The zero-order valence-electron chi connectivity index (χ0n) is 17.2. The Labute approximate surface area is 207 Å². The van der Waals surface area contributed by atoms with Crippen LogP contribution in [-0.2, 0) is 16.7 Å². The van der Waals surface area contributed by atoms with Crippen LogP contribution in [-0.4, -0.2) is 18.0 Å². The second-order valence-corrected chi connectivity index (χ2v) is 7.99. The molecule has 4 aromatic rings. The summed E-state index contributed by atoms with van der Waals surface area (Å²) in [5, 5.41) is 8.86. The van der Waals surface area contributed by atoms with Crippen LogP contribution in [0.2, 0.25) is 0 Å². The number of nitrogen functional groups attached to an aromatic ring is 1. The second kappa shape index (κ2) is 10.2. The Morgan fingerprint density at radius 2 is 1.59 bits per heavy atom. The largest absolute Gasteiger partial charge is 1.00 e. The van der Waals surface area contributed by atoms with E-state index in [4.69, 9.17) is 10.5 Å². The quantitative estimate of drug-likeness (QED) is 0.203. The van der Waals surface area contributed by atoms with Crippen LogP contribution in [0.1, 0.15) is 5.56 Å². The molecule has 0 saturated carbocycles. The Balaban J connectivity index is 0.00000289. The van der Waals surface area contributed by atoms with Gasteiger partial charge in [0.1, 0.15) is 28.2 Å². The van der Waals surface area contributed by atoms with Crippen LogP contribution in [0.15, 0.2) is 94.2 Å². The maximum Gasteiger partial charge on any atom is 1.00 e. The average molecular weight is 456 g/mol. The Morgan fingerprint density at radius 1 is 0.938 bits per heavy atom. The summed E-state index contributed by atoms with van der Waals surface area (Å²) in [7, 11) is -4.71. The molecule has 10 heteroatoms. The number of aromatic nitrogens is 1. The molecule has 0 aliphatic heterocycles. The topological polar surface area (TPSA) is 130 Å². The molecule has 1 heterocycles. The molecule has 0 radical (unpaired) electrons. The summed E-state index contributed by atoms with van der Waals surface area (Å²) in [6.07, 6.45) is 3.40. The van der Waals surface area contributed by atoms with E-state index in [0.717, 1.165) is 11.6 Å². The van der Waals surface area contributed by atoms with Gasteiger partial charge in [-0.15, -0.1) is 5.11 Å². The third-order valence-electron chi connectivity index (χ3n) is 4.56.